The van der Waals surface area contributed by atoms with Crippen LogP contribution in [0.1, 0.15) is 17.5 Å². The molecule has 1 aromatic rings. The Kier molecular flexibility index (Phi) is 5.19. The molecular formula is C11H18N2O. The van der Waals surface area contributed by atoms with E-state index in [-0.39, 0.29) is 0 Å². The van der Waals surface area contributed by atoms with Gasteiger partial charge in [-0.3, -0.25) is 4.98 Å². The van der Waals surface area contributed by atoms with Crippen molar-refractivity contribution in [2.75, 3.05) is 20.3 Å². The van der Waals surface area contributed by atoms with Crippen LogP contribution in [-0.2, 0) is 11.3 Å². The van der Waals surface area contributed by atoms with Crippen LogP contribution in [0.25, 0.3) is 0 Å². The van der Waals surface area contributed by atoms with E-state index < -0.39 is 0 Å². The Morgan fingerprint density at radius 2 is 2.36 bits per heavy atom. The van der Waals surface area contributed by atoms with Crippen LogP contribution in [0.15, 0.2) is 18.5 Å². The van der Waals surface area contributed by atoms with Crippen molar-refractivity contribution in [2.24, 2.45) is 0 Å². The maximum Gasteiger partial charge on any atom is 0.0474 e. The molecule has 14 heavy (non-hydrogen) atoms. The SMILES string of the molecule is COCCCNCc1cnccc1C. The summed E-state index contributed by atoms with van der Waals surface area (Å²) in [5, 5.41) is 3.36. The van der Waals surface area contributed by atoms with Crippen molar-refractivity contribution in [1.29, 1.82) is 0 Å². The number of hydrogen-bond donors (Lipinski definition) is 1. The Morgan fingerprint density at radius 3 is 3.07 bits per heavy atom. The van der Waals surface area contributed by atoms with Gasteiger partial charge in [0.25, 0.3) is 0 Å². The van der Waals surface area contributed by atoms with Crippen molar-refractivity contribution in [3.63, 3.8) is 0 Å². The molecule has 0 bridgehead atoms. The number of aromatic nitrogens is 1. The Labute approximate surface area is 85.5 Å². The fourth-order valence-corrected chi connectivity index (χ4v) is 1.25. The number of aryl methyl sites for hydroxylation is 1. The molecule has 0 spiro atoms. The van der Waals surface area contributed by atoms with Crippen LogP contribution in [0.5, 0.6) is 0 Å². The first-order valence-electron chi connectivity index (χ1n) is 4.93. The molecule has 0 aliphatic heterocycles. The van der Waals surface area contributed by atoms with Gasteiger partial charge in [0, 0.05) is 32.7 Å². The molecule has 0 atom stereocenters. The van der Waals surface area contributed by atoms with Crippen molar-refractivity contribution >= 4 is 0 Å². The zero-order valence-electron chi connectivity index (χ0n) is 8.92. The zero-order chi connectivity index (χ0) is 10.2. The molecule has 0 fully saturated rings. The maximum atomic E-state index is 4.97. The summed E-state index contributed by atoms with van der Waals surface area (Å²) in [5.41, 5.74) is 2.56. The molecule has 0 unspecified atom stereocenters. The van der Waals surface area contributed by atoms with Gasteiger partial charge in [0.1, 0.15) is 0 Å². The second-order valence-corrected chi connectivity index (χ2v) is 3.33. The average molecular weight is 194 g/mol. The number of ether oxygens (including phenoxy) is 1. The lowest BCUT2D eigenvalue weighted by Crippen LogP contribution is -2.16. The smallest absolute Gasteiger partial charge is 0.0474 e. The van der Waals surface area contributed by atoms with Crippen LogP contribution in [0.4, 0.5) is 0 Å². The van der Waals surface area contributed by atoms with E-state index in [0.29, 0.717) is 0 Å². The van der Waals surface area contributed by atoms with Crippen LogP contribution in [0.2, 0.25) is 0 Å². The molecule has 0 aliphatic carbocycles. The van der Waals surface area contributed by atoms with Gasteiger partial charge in [-0.25, -0.2) is 0 Å². The first-order chi connectivity index (χ1) is 6.84. The van der Waals surface area contributed by atoms with Gasteiger partial charge in [-0.2, -0.15) is 0 Å². The van der Waals surface area contributed by atoms with E-state index in [1.807, 2.05) is 18.5 Å². The van der Waals surface area contributed by atoms with E-state index in [1.54, 1.807) is 7.11 Å². The second kappa shape index (κ2) is 6.51. The predicted molar refractivity (Wildman–Crippen MR) is 57.2 cm³/mol. The summed E-state index contributed by atoms with van der Waals surface area (Å²) in [7, 11) is 1.73. The summed E-state index contributed by atoms with van der Waals surface area (Å²) >= 11 is 0. The van der Waals surface area contributed by atoms with Crippen LogP contribution in [0.3, 0.4) is 0 Å². The molecule has 0 aliphatic rings. The Balaban J connectivity index is 2.21. The van der Waals surface area contributed by atoms with E-state index in [2.05, 4.69) is 17.2 Å². The fourth-order valence-electron chi connectivity index (χ4n) is 1.25. The second-order valence-electron chi connectivity index (χ2n) is 3.33. The van der Waals surface area contributed by atoms with Crippen LogP contribution >= 0.6 is 0 Å². The van der Waals surface area contributed by atoms with E-state index in [4.69, 9.17) is 4.74 Å². The molecule has 0 aromatic carbocycles. The largest absolute Gasteiger partial charge is 0.385 e. The molecule has 0 radical (unpaired) electrons. The fraction of sp³-hybridized carbons (Fsp3) is 0.545. The van der Waals surface area contributed by atoms with Crippen LogP contribution in [-0.4, -0.2) is 25.2 Å². The molecule has 0 saturated carbocycles. The molecule has 3 nitrogen and oxygen atoms in total. The number of hydrogen-bond acceptors (Lipinski definition) is 3. The molecule has 78 valence electrons. The molecule has 3 heteroatoms. The van der Waals surface area contributed by atoms with Crippen molar-refractivity contribution < 1.29 is 4.74 Å². The van der Waals surface area contributed by atoms with E-state index >= 15 is 0 Å². The van der Waals surface area contributed by atoms with E-state index in [1.165, 1.54) is 11.1 Å². The topological polar surface area (TPSA) is 34.1 Å². The van der Waals surface area contributed by atoms with Gasteiger partial charge in [0.15, 0.2) is 0 Å². The van der Waals surface area contributed by atoms with E-state index in [0.717, 1.165) is 26.1 Å². The summed E-state index contributed by atoms with van der Waals surface area (Å²) < 4.78 is 4.97. The Bertz CT molecular complexity index is 263. The third-order valence-corrected chi connectivity index (χ3v) is 2.16. The lowest BCUT2D eigenvalue weighted by Gasteiger charge is -2.06. The molecular weight excluding hydrogens is 176 g/mol. The van der Waals surface area contributed by atoms with Crippen molar-refractivity contribution in [3.05, 3.63) is 29.6 Å². The maximum absolute atomic E-state index is 4.97. The van der Waals surface area contributed by atoms with Crippen LogP contribution < -0.4 is 5.32 Å². The van der Waals surface area contributed by atoms with Gasteiger partial charge >= 0.3 is 0 Å². The molecule has 1 aromatic heterocycles. The monoisotopic (exact) mass is 194 g/mol. The Morgan fingerprint density at radius 1 is 1.50 bits per heavy atom. The summed E-state index contributed by atoms with van der Waals surface area (Å²) in [5.74, 6) is 0. The standard InChI is InChI=1S/C11H18N2O/c1-10-4-6-13-9-11(10)8-12-5-3-7-14-2/h4,6,9,12H,3,5,7-8H2,1-2H3. The number of nitrogens with one attached hydrogen (secondary N) is 1. The van der Waals surface area contributed by atoms with Gasteiger partial charge in [-0.1, -0.05) is 0 Å². The number of rotatable bonds is 6. The normalized spacial score (nSPS) is 10.4. The zero-order valence-corrected chi connectivity index (χ0v) is 8.92. The lowest BCUT2D eigenvalue weighted by atomic mass is 10.1. The highest BCUT2D eigenvalue weighted by atomic mass is 16.5. The van der Waals surface area contributed by atoms with Gasteiger partial charge < -0.3 is 10.1 Å². The lowest BCUT2D eigenvalue weighted by molar-refractivity contribution is 0.194. The predicted octanol–water partition coefficient (Wildman–Crippen LogP) is 1.52. The molecule has 1 rings (SSSR count). The Hall–Kier alpha value is -0.930. The minimum absolute atomic E-state index is 0.818. The van der Waals surface area contributed by atoms with Crippen molar-refractivity contribution in [3.8, 4) is 0 Å². The molecule has 1 heterocycles. The minimum atomic E-state index is 0.818. The van der Waals surface area contributed by atoms with Gasteiger partial charge in [-0.05, 0) is 37.1 Å². The average Bonchev–Trinajstić information content (AvgIpc) is 2.20. The van der Waals surface area contributed by atoms with Crippen molar-refractivity contribution in [2.45, 2.75) is 19.9 Å². The third-order valence-electron chi connectivity index (χ3n) is 2.16. The highest BCUT2D eigenvalue weighted by Crippen LogP contribution is 2.03. The third kappa shape index (κ3) is 3.85. The van der Waals surface area contributed by atoms with Crippen molar-refractivity contribution in [1.82, 2.24) is 10.3 Å². The summed E-state index contributed by atoms with van der Waals surface area (Å²) in [4.78, 5) is 4.10. The minimum Gasteiger partial charge on any atom is -0.385 e. The van der Waals surface area contributed by atoms with E-state index in [9.17, 15) is 0 Å². The summed E-state index contributed by atoms with van der Waals surface area (Å²) in [6, 6.07) is 2.03. The van der Waals surface area contributed by atoms with Gasteiger partial charge in [0.2, 0.25) is 0 Å². The highest BCUT2D eigenvalue weighted by molar-refractivity contribution is 5.20. The summed E-state index contributed by atoms with van der Waals surface area (Å²) in [6.45, 7) is 4.80. The number of pyridine rings is 1. The van der Waals surface area contributed by atoms with Gasteiger partial charge in [-0.15, -0.1) is 0 Å². The first-order valence-corrected chi connectivity index (χ1v) is 4.93. The molecule has 1 N–H and O–H groups in total. The highest BCUT2D eigenvalue weighted by Gasteiger charge is 1.96. The van der Waals surface area contributed by atoms with Crippen LogP contribution in [0, 0.1) is 6.92 Å². The first kappa shape index (κ1) is 11.1. The number of nitrogens with zero attached hydrogens (tertiary/aromatic N) is 1. The number of methoxy groups -OCH3 is 1. The molecule has 0 amide bonds. The molecule has 0 saturated heterocycles. The van der Waals surface area contributed by atoms with Gasteiger partial charge in [0.05, 0.1) is 0 Å². The summed E-state index contributed by atoms with van der Waals surface area (Å²) in [6.07, 6.45) is 4.79. The quantitative estimate of drug-likeness (QED) is 0.697.